The molecule has 0 aromatic heterocycles. The van der Waals surface area contributed by atoms with E-state index in [1.165, 1.54) is 0 Å². The fourth-order valence-corrected chi connectivity index (χ4v) is 2.03. The zero-order valence-corrected chi connectivity index (χ0v) is 11.7. The molecule has 19 heavy (non-hydrogen) atoms. The van der Waals surface area contributed by atoms with Gasteiger partial charge in [0.2, 0.25) is 0 Å². The van der Waals surface area contributed by atoms with E-state index in [-0.39, 0.29) is 5.91 Å². The van der Waals surface area contributed by atoms with E-state index in [4.69, 9.17) is 23.2 Å². The fourth-order valence-electron chi connectivity index (χ4n) is 1.68. The first-order valence-electron chi connectivity index (χ1n) is 5.84. The number of hydrogen-bond donors (Lipinski definition) is 1. The highest BCUT2D eigenvalue weighted by molar-refractivity contribution is 6.17. The second kappa shape index (κ2) is 6.60. The largest absolute Gasteiger partial charge is 0.322 e. The van der Waals surface area contributed by atoms with Gasteiger partial charge < -0.3 is 5.32 Å². The van der Waals surface area contributed by atoms with Gasteiger partial charge in [-0.3, -0.25) is 4.79 Å². The van der Waals surface area contributed by atoms with E-state index >= 15 is 0 Å². The lowest BCUT2D eigenvalue weighted by Crippen LogP contribution is -2.11. The molecular weight excluding hydrogens is 281 g/mol. The van der Waals surface area contributed by atoms with Gasteiger partial charge in [-0.05, 0) is 35.4 Å². The zero-order chi connectivity index (χ0) is 13.7. The molecule has 0 aliphatic rings. The molecule has 0 saturated carbocycles. The van der Waals surface area contributed by atoms with Crippen molar-refractivity contribution >= 4 is 34.8 Å². The monoisotopic (exact) mass is 293 g/mol. The van der Waals surface area contributed by atoms with Crippen molar-refractivity contribution < 1.29 is 4.79 Å². The lowest BCUT2D eigenvalue weighted by molar-refractivity contribution is 0.102. The van der Waals surface area contributed by atoms with Gasteiger partial charge in [-0.1, -0.05) is 24.3 Å². The standard InChI is InChI=1S/C15H13Cl2NO/c16-9-11-4-6-13(7-5-11)15(19)18-14-3-1-2-12(8-14)10-17/h1-8H,9-10H2,(H,18,19). The molecule has 4 heteroatoms. The van der Waals surface area contributed by atoms with Crippen LogP contribution in [0.5, 0.6) is 0 Å². The van der Waals surface area contributed by atoms with E-state index in [0.717, 1.165) is 16.8 Å². The smallest absolute Gasteiger partial charge is 0.255 e. The van der Waals surface area contributed by atoms with Crippen LogP contribution in [0.25, 0.3) is 0 Å². The molecule has 2 rings (SSSR count). The number of carbonyl (C=O) groups is 1. The Bertz CT molecular complexity index is 567. The molecule has 2 nitrogen and oxygen atoms in total. The van der Waals surface area contributed by atoms with Gasteiger partial charge in [0.1, 0.15) is 0 Å². The third-order valence-corrected chi connectivity index (χ3v) is 3.33. The zero-order valence-electron chi connectivity index (χ0n) is 10.2. The molecule has 0 aliphatic carbocycles. The van der Waals surface area contributed by atoms with Crippen LogP contribution in [0.15, 0.2) is 48.5 Å². The Balaban J connectivity index is 2.11. The van der Waals surface area contributed by atoms with E-state index in [1.54, 1.807) is 12.1 Å². The number of carbonyl (C=O) groups excluding carboxylic acids is 1. The molecule has 2 aromatic rings. The average molecular weight is 294 g/mol. The molecule has 1 amide bonds. The van der Waals surface area contributed by atoms with Gasteiger partial charge in [0, 0.05) is 23.0 Å². The maximum absolute atomic E-state index is 12.0. The third kappa shape index (κ3) is 3.72. The number of benzene rings is 2. The van der Waals surface area contributed by atoms with E-state index in [9.17, 15) is 4.79 Å². The highest BCUT2D eigenvalue weighted by atomic mass is 35.5. The number of alkyl halides is 2. The molecule has 0 unspecified atom stereocenters. The SMILES string of the molecule is O=C(Nc1cccc(CCl)c1)c1ccc(CCl)cc1. The summed E-state index contributed by atoms with van der Waals surface area (Å²) in [7, 11) is 0. The van der Waals surface area contributed by atoms with Crippen LogP contribution in [0, 0.1) is 0 Å². The molecule has 0 bridgehead atoms. The van der Waals surface area contributed by atoms with Crippen LogP contribution in [0.1, 0.15) is 21.5 Å². The van der Waals surface area contributed by atoms with Gasteiger partial charge in [-0.15, -0.1) is 23.2 Å². The second-order valence-corrected chi connectivity index (χ2v) is 4.65. The van der Waals surface area contributed by atoms with Crippen molar-refractivity contribution in [1.82, 2.24) is 0 Å². The van der Waals surface area contributed by atoms with Crippen molar-refractivity contribution in [2.75, 3.05) is 5.32 Å². The van der Waals surface area contributed by atoms with Gasteiger partial charge in [-0.25, -0.2) is 0 Å². The number of halogens is 2. The lowest BCUT2D eigenvalue weighted by atomic mass is 10.1. The normalized spacial score (nSPS) is 10.2. The minimum atomic E-state index is -0.146. The molecule has 98 valence electrons. The summed E-state index contributed by atoms with van der Waals surface area (Å²) in [5, 5.41) is 2.84. The van der Waals surface area contributed by atoms with Gasteiger partial charge in [0.15, 0.2) is 0 Å². The van der Waals surface area contributed by atoms with Crippen LogP contribution in [0.2, 0.25) is 0 Å². The Hall–Kier alpha value is -1.51. The summed E-state index contributed by atoms with van der Waals surface area (Å²) in [5.74, 6) is 0.723. The van der Waals surface area contributed by atoms with Crippen LogP contribution in [0.3, 0.4) is 0 Å². The predicted octanol–water partition coefficient (Wildman–Crippen LogP) is 4.42. The number of hydrogen-bond acceptors (Lipinski definition) is 1. The first-order valence-corrected chi connectivity index (χ1v) is 6.91. The van der Waals surface area contributed by atoms with Crippen molar-refractivity contribution in [3.63, 3.8) is 0 Å². The van der Waals surface area contributed by atoms with Crippen LogP contribution in [-0.4, -0.2) is 5.91 Å². The Morgan fingerprint density at radius 3 is 2.26 bits per heavy atom. The molecule has 0 heterocycles. The van der Waals surface area contributed by atoms with E-state index < -0.39 is 0 Å². The summed E-state index contributed by atoms with van der Waals surface area (Å²) in [4.78, 5) is 12.0. The van der Waals surface area contributed by atoms with Crippen molar-refractivity contribution in [1.29, 1.82) is 0 Å². The number of rotatable bonds is 4. The van der Waals surface area contributed by atoms with Gasteiger partial charge in [0.05, 0.1) is 0 Å². The molecule has 0 radical (unpaired) electrons. The summed E-state index contributed by atoms with van der Waals surface area (Å²) in [6.45, 7) is 0. The highest BCUT2D eigenvalue weighted by Gasteiger charge is 2.06. The molecule has 2 aromatic carbocycles. The second-order valence-electron chi connectivity index (χ2n) is 4.12. The van der Waals surface area contributed by atoms with Crippen molar-refractivity contribution in [3.05, 3.63) is 65.2 Å². The number of amides is 1. The minimum Gasteiger partial charge on any atom is -0.322 e. The average Bonchev–Trinajstić information content (AvgIpc) is 2.47. The first-order chi connectivity index (χ1) is 9.22. The van der Waals surface area contributed by atoms with Crippen molar-refractivity contribution in [2.45, 2.75) is 11.8 Å². The highest BCUT2D eigenvalue weighted by Crippen LogP contribution is 2.14. The number of nitrogens with one attached hydrogen (secondary N) is 1. The van der Waals surface area contributed by atoms with Gasteiger partial charge in [0.25, 0.3) is 5.91 Å². The maximum Gasteiger partial charge on any atom is 0.255 e. The molecule has 1 N–H and O–H groups in total. The van der Waals surface area contributed by atoms with E-state index in [0.29, 0.717) is 17.3 Å². The van der Waals surface area contributed by atoms with Crippen molar-refractivity contribution in [3.8, 4) is 0 Å². The molecule has 0 atom stereocenters. The summed E-state index contributed by atoms with van der Waals surface area (Å²) in [5.41, 5.74) is 3.30. The van der Waals surface area contributed by atoms with Crippen molar-refractivity contribution in [2.24, 2.45) is 0 Å². The van der Waals surface area contributed by atoms with Crippen LogP contribution in [-0.2, 0) is 11.8 Å². The number of anilines is 1. The molecule has 0 spiro atoms. The summed E-state index contributed by atoms with van der Waals surface area (Å²) < 4.78 is 0. The summed E-state index contributed by atoms with van der Waals surface area (Å²) in [6, 6.07) is 14.7. The fraction of sp³-hybridized carbons (Fsp3) is 0.133. The van der Waals surface area contributed by atoms with Crippen LogP contribution >= 0.6 is 23.2 Å². The van der Waals surface area contributed by atoms with Gasteiger partial charge in [-0.2, -0.15) is 0 Å². The Kier molecular flexibility index (Phi) is 4.83. The van der Waals surface area contributed by atoms with Crippen LogP contribution in [0.4, 0.5) is 5.69 Å². The Morgan fingerprint density at radius 1 is 0.947 bits per heavy atom. The van der Waals surface area contributed by atoms with Crippen LogP contribution < -0.4 is 5.32 Å². The summed E-state index contributed by atoms with van der Waals surface area (Å²) >= 11 is 11.5. The van der Waals surface area contributed by atoms with Gasteiger partial charge >= 0.3 is 0 Å². The maximum atomic E-state index is 12.0. The third-order valence-electron chi connectivity index (χ3n) is 2.71. The lowest BCUT2D eigenvalue weighted by Gasteiger charge is -2.07. The van der Waals surface area contributed by atoms with E-state index in [2.05, 4.69) is 5.32 Å². The molecule has 0 fully saturated rings. The minimum absolute atomic E-state index is 0.146. The molecule has 0 saturated heterocycles. The van der Waals surface area contributed by atoms with E-state index in [1.807, 2.05) is 36.4 Å². The summed E-state index contributed by atoms with van der Waals surface area (Å²) in [6.07, 6.45) is 0. The Labute approximate surface area is 122 Å². The molecule has 0 aliphatic heterocycles. The topological polar surface area (TPSA) is 29.1 Å². The quantitative estimate of drug-likeness (QED) is 0.831. The predicted molar refractivity (Wildman–Crippen MR) is 80.0 cm³/mol. The molecular formula is C15H13Cl2NO. The first kappa shape index (κ1) is 13.9. The Morgan fingerprint density at radius 2 is 1.63 bits per heavy atom.